The Labute approximate surface area is 95.1 Å². The van der Waals surface area contributed by atoms with Crippen molar-refractivity contribution in [2.24, 2.45) is 7.05 Å². The van der Waals surface area contributed by atoms with E-state index in [1.807, 2.05) is 44.6 Å². The number of rotatable bonds is 3. The lowest BCUT2D eigenvalue weighted by Gasteiger charge is -2.11. The van der Waals surface area contributed by atoms with Gasteiger partial charge in [-0.1, -0.05) is 12.1 Å². The van der Waals surface area contributed by atoms with Gasteiger partial charge in [0.15, 0.2) is 0 Å². The van der Waals surface area contributed by atoms with Crippen LogP contribution in [0.3, 0.4) is 0 Å². The summed E-state index contributed by atoms with van der Waals surface area (Å²) in [5, 5.41) is 7.45. The zero-order valence-corrected chi connectivity index (χ0v) is 9.57. The van der Waals surface area contributed by atoms with Gasteiger partial charge in [-0.15, -0.1) is 0 Å². The molecule has 0 aliphatic heterocycles. The molecule has 0 unspecified atom stereocenters. The lowest BCUT2D eigenvalue weighted by Crippen LogP contribution is -2.03. The van der Waals surface area contributed by atoms with Crippen molar-refractivity contribution in [3.8, 4) is 0 Å². The van der Waals surface area contributed by atoms with Crippen LogP contribution in [0.25, 0.3) is 0 Å². The number of anilines is 2. The first-order chi connectivity index (χ1) is 7.66. The van der Waals surface area contributed by atoms with E-state index in [9.17, 15) is 0 Å². The number of hydrogen-bond acceptors (Lipinski definition) is 3. The number of para-hydroxylation sites is 1. The smallest absolute Gasteiger partial charge is 0.0606 e. The van der Waals surface area contributed by atoms with Crippen molar-refractivity contribution >= 4 is 11.4 Å². The molecule has 0 atom stereocenters. The van der Waals surface area contributed by atoms with Crippen molar-refractivity contribution in [3.05, 3.63) is 41.7 Å². The maximum Gasteiger partial charge on any atom is 0.0606 e. The van der Waals surface area contributed by atoms with Crippen LogP contribution in [-0.2, 0) is 13.6 Å². The molecule has 3 N–H and O–H groups in total. The Kier molecular flexibility index (Phi) is 2.81. The third-order valence-electron chi connectivity index (χ3n) is 2.53. The van der Waals surface area contributed by atoms with Gasteiger partial charge < -0.3 is 11.1 Å². The average Bonchev–Trinajstić information content (AvgIpc) is 2.63. The highest BCUT2D eigenvalue weighted by atomic mass is 15.2. The topological polar surface area (TPSA) is 55.9 Å². The average molecular weight is 216 g/mol. The molecule has 0 saturated heterocycles. The Balaban J connectivity index is 2.10. The van der Waals surface area contributed by atoms with Crippen LogP contribution < -0.4 is 11.1 Å². The zero-order valence-electron chi connectivity index (χ0n) is 9.57. The molecular weight excluding hydrogens is 200 g/mol. The number of aromatic nitrogens is 2. The highest BCUT2D eigenvalue weighted by Crippen LogP contribution is 2.22. The van der Waals surface area contributed by atoms with Crippen molar-refractivity contribution in [2.75, 3.05) is 11.1 Å². The summed E-state index contributed by atoms with van der Waals surface area (Å²) in [4.78, 5) is 0. The van der Waals surface area contributed by atoms with Gasteiger partial charge in [0.1, 0.15) is 0 Å². The molecule has 16 heavy (non-hydrogen) atoms. The standard InChI is InChI=1S/C12H16N4/c1-9-4-3-5-11(13)12(9)14-6-10-7-15-16(2)8-10/h3-5,7-8,14H,6,13H2,1-2H3. The van der Waals surface area contributed by atoms with E-state index in [4.69, 9.17) is 5.73 Å². The minimum absolute atomic E-state index is 0.739. The second-order valence-corrected chi connectivity index (χ2v) is 3.91. The van der Waals surface area contributed by atoms with Crippen molar-refractivity contribution in [1.82, 2.24) is 9.78 Å². The fourth-order valence-corrected chi connectivity index (χ4v) is 1.69. The molecular formula is C12H16N4. The monoisotopic (exact) mass is 216 g/mol. The molecule has 84 valence electrons. The number of hydrogen-bond donors (Lipinski definition) is 2. The molecule has 2 rings (SSSR count). The second-order valence-electron chi connectivity index (χ2n) is 3.91. The van der Waals surface area contributed by atoms with Crippen LogP contribution in [0.1, 0.15) is 11.1 Å². The number of nitrogens with zero attached hydrogens (tertiary/aromatic N) is 2. The normalized spacial score (nSPS) is 10.4. The summed E-state index contributed by atoms with van der Waals surface area (Å²) in [7, 11) is 1.91. The van der Waals surface area contributed by atoms with Gasteiger partial charge in [-0.3, -0.25) is 4.68 Å². The molecule has 1 aromatic carbocycles. The number of aryl methyl sites for hydroxylation is 2. The van der Waals surface area contributed by atoms with Crippen LogP contribution in [0.2, 0.25) is 0 Å². The van der Waals surface area contributed by atoms with Crippen molar-refractivity contribution in [3.63, 3.8) is 0 Å². The first-order valence-electron chi connectivity index (χ1n) is 5.23. The van der Waals surface area contributed by atoms with E-state index >= 15 is 0 Å². The lowest BCUT2D eigenvalue weighted by molar-refractivity contribution is 0.767. The van der Waals surface area contributed by atoms with Gasteiger partial charge in [0.05, 0.1) is 17.6 Å². The number of nitrogens with one attached hydrogen (secondary N) is 1. The summed E-state index contributed by atoms with van der Waals surface area (Å²) in [6.07, 6.45) is 3.84. The van der Waals surface area contributed by atoms with E-state index in [-0.39, 0.29) is 0 Å². The molecule has 1 aromatic heterocycles. The van der Waals surface area contributed by atoms with E-state index in [0.29, 0.717) is 0 Å². The van der Waals surface area contributed by atoms with Crippen LogP contribution >= 0.6 is 0 Å². The minimum Gasteiger partial charge on any atom is -0.397 e. The Hall–Kier alpha value is -1.97. The van der Waals surface area contributed by atoms with Crippen LogP contribution in [0.4, 0.5) is 11.4 Å². The SMILES string of the molecule is Cc1cccc(N)c1NCc1cnn(C)c1. The fourth-order valence-electron chi connectivity index (χ4n) is 1.69. The lowest BCUT2D eigenvalue weighted by atomic mass is 10.1. The molecule has 1 heterocycles. The predicted octanol–water partition coefficient (Wildman–Crippen LogP) is 1.92. The summed E-state index contributed by atoms with van der Waals surface area (Å²) >= 11 is 0. The Morgan fingerprint density at radius 2 is 2.25 bits per heavy atom. The highest BCUT2D eigenvalue weighted by Gasteiger charge is 2.02. The number of nitrogen functional groups attached to an aromatic ring is 1. The molecule has 0 aliphatic carbocycles. The molecule has 0 amide bonds. The predicted molar refractivity (Wildman–Crippen MR) is 66.1 cm³/mol. The van der Waals surface area contributed by atoms with Crippen LogP contribution in [-0.4, -0.2) is 9.78 Å². The first-order valence-corrected chi connectivity index (χ1v) is 5.23. The Morgan fingerprint density at radius 1 is 1.44 bits per heavy atom. The largest absolute Gasteiger partial charge is 0.397 e. The number of nitrogens with two attached hydrogens (primary N) is 1. The third kappa shape index (κ3) is 2.16. The molecule has 0 bridgehead atoms. The molecule has 4 heteroatoms. The summed E-state index contributed by atoms with van der Waals surface area (Å²) in [5.41, 5.74) is 9.99. The van der Waals surface area contributed by atoms with Crippen LogP contribution in [0.5, 0.6) is 0 Å². The Bertz CT molecular complexity index is 467. The molecule has 0 aliphatic rings. The summed E-state index contributed by atoms with van der Waals surface area (Å²) < 4.78 is 1.79. The van der Waals surface area contributed by atoms with Gasteiger partial charge >= 0.3 is 0 Å². The van der Waals surface area contributed by atoms with Crippen LogP contribution in [0, 0.1) is 6.92 Å². The minimum atomic E-state index is 0.739. The quantitative estimate of drug-likeness (QED) is 0.771. The second kappa shape index (κ2) is 4.26. The molecule has 0 saturated carbocycles. The van der Waals surface area contributed by atoms with Crippen molar-refractivity contribution in [2.45, 2.75) is 13.5 Å². The van der Waals surface area contributed by atoms with Gasteiger partial charge in [0.25, 0.3) is 0 Å². The zero-order chi connectivity index (χ0) is 11.5. The molecule has 0 radical (unpaired) electrons. The van der Waals surface area contributed by atoms with E-state index < -0.39 is 0 Å². The number of benzene rings is 1. The van der Waals surface area contributed by atoms with E-state index in [1.165, 1.54) is 0 Å². The van der Waals surface area contributed by atoms with E-state index in [0.717, 1.165) is 29.0 Å². The maximum absolute atomic E-state index is 5.91. The van der Waals surface area contributed by atoms with Gasteiger partial charge in [-0.05, 0) is 18.6 Å². The van der Waals surface area contributed by atoms with Crippen molar-refractivity contribution < 1.29 is 0 Å². The van der Waals surface area contributed by atoms with Crippen LogP contribution in [0.15, 0.2) is 30.6 Å². The molecule has 0 spiro atoms. The van der Waals surface area contributed by atoms with Gasteiger partial charge in [-0.25, -0.2) is 0 Å². The summed E-state index contributed by atoms with van der Waals surface area (Å²) in [6.45, 7) is 2.78. The van der Waals surface area contributed by atoms with Gasteiger partial charge in [-0.2, -0.15) is 5.10 Å². The third-order valence-corrected chi connectivity index (χ3v) is 2.53. The van der Waals surface area contributed by atoms with E-state index in [2.05, 4.69) is 10.4 Å². The molecule has 0 fully saturated rings. The molecule has 2 aromatic rings. The van der Waals surface area contributed by atoms with Crippen molar-refractivity contribution in [1.29, 1.82) is 0 Å². The highest BCUT2D eigenvalue weighted by molar-refractivity contribution is 5.69. The molecule has 4 nitrogen and oxygen atoms in total. The fraction of sp³-hybridized carbons (Fsp3) is 0.250. The summed E-state index contributed by atoms with van der Waals surface area (Å²) in [5.74, 6) is 0. The first kappa shape index (κ1) is 10.5. The van der Waals surface area contributed by atoms with Gasteiger partial charge in [0.2, 0.25) is 0 Å². The summed E-state index contributed by atoms with van der Waals surface area (Å²) in [6, 6.07) is 5.90. The maximum atomic E-state index is 5.91. The van der Waals surface area contributed by atoms with Gasteiger partial charge in [0, 0.05) is 25.4 Å². The van der Waals surface area contributed by atoms with E-state index in [1.54, 1.807) is 4.68 Å². The Morgan fingerprint density at radius 3 is 2.88 bits per heavy atom.